The lowest BCUT2D eigenvalue weighted by Gasteiger charge is -2.34. The highest BCUT2D eigenvalue weighted by Gasteiger charge is 2.31. The Hall–Kier alpha value is -3.54. The highest BCUT2D eigenvalue weighted by molar-refractivity contribution is 6.08. The van der Waals surface area contributed by atoms with Crippen LogP contribution in [0.3, 0.4) is 0 Å². The molecule has 0 bridgehead atoms. The summed E-state index contributed by atoms with van der Waals surface area (Å²) in [4.78, 5) is 30.2. The van der Waals surface area contributed by atoms with Crippen molar-refractivity contribution in [1.29, 1.82) is 0 Å². The average Bonchev–Trinajstić information content (AvgIpc) is 2.87. The molecule has 6 nitrogen and oxygen atoms in total. The van der Waals surface area contributed by atoms with E-state index in [1.807, 2.05) is 72.6 Å². The largest absolute Gasteiger partial charge is 0.497 e. The Balaban J connectivity index is 1.47. The zero-order chi connectivity index (χ0) is 23.4. The molecule has 0 aromatic heterocycles. The number of methoxy groups -OCH3 is 2. The molecule has 3 aromatic carbocycles. The third kappa shape index (κ3) is 4.80. The topological polar surface area (TPSA) is 59.1 Å². The van der Waals surface area contributed by atoms with E-state index in [2.05, 4.69) is 0 Å². The molecule has 3 aromatic rings. The molecule has 4 rings (SSSR count). The molecular formula is C27H30N2O4. The summed E-state index contributed by atoms with van der Waals surface area (Å²) >= 11 is 0. The molecule has 2 amide bonds. The van der Waals surface area contributed by atoms with Crippen molar-refractivity contribution in [3.63, 3.8) is 0 Å². The van der Waals surface area contributed by atoms with E-state index in [0.29, 0.717) is 25.2 Å². The van der Waals surface area contributed by atoms with E-state index >= 15 is 0 Å². The van der Waals surface area contributed by atoms with Crippen LogP contribution in [0.2, 0.25) is 0 Å². The van der Waals surface area contributed by atoms with Crippen LogP contribution in [0.15, 0.2) is 60.7 Å². The quantitative estimate of drug-likeness (QED) is 0.564. The Bertz CT molecular complexity index is 1140. The normalized spacial score (nSPS) is 15.8. The fraction of sp³-hybridized carbons (Fsp3) is 0.333. The van der Waals surface area contributed by atoms with E-state index in [4.69, 9.17) is 9.47 Å². The number of rotatable bonds is 6. The average molecular weight is 447 g/mol. The van der Waals surface area contributed by atoms with E-state index in [-0.39, 0.29) is 17.7 Å². The maximum atomic E-state index is 13.5. The molecular weight excluding hydrogens is 416 g/mol. The van der Waals surface area contributed by atoms with Gasteiger partial charge in [-0.15, -0.1) is 0 Å². The van der Waals surface area contributed by atoms with Gasteiger partial charge in [0.15, 0.2) is 0 Å². The first-order valence-corrected chi connectivity index (χ1v) is 11.2. The second-order valence-corrected chi connectivity index (χ2v) is 8.49. The van der Waals surface area contributed by atoms with Crippen LogP contribution in [-0.2, 0) is 11.3 Å². The van der Waals surface area contributed by atoms with Gasteiger partial charge < -0.3 is 19.3 Å². The molecule has 0 saturated carbocycles. The first-order chi connectivity index (χ1) is 16.0. The minimum absolute atomic E-state index is 0.0378. The molecule has 1 atom stereocenters. The van der Waals surface area contributed by atoms with E-state index in [9.17, 15) is 9.59 Å². The van der Waals surface area contributed by atoms with Gasteiger partial charge in [0.25, 0.3) is 5.91 Å². The fourth-order valence-corrected chi connectivity index (χ4v) is 4.56. The molecule has 1 saturated heterocycles. The van der Waals surface area contributed by atoms with Gasteiger partial charge in [0, 0.05) is 37.6 Å². The molecule has 6 heteroatoms. The Morgan fingerprint density at radius 2 is 1.70 bits per heavy atom. The summed E-state index contributed by atoms with van der Waals surface area (Å²) < 4.78 is 10.7. The number of carbonyl (C=O) groups excluding carboxylic acids is 2. The molecule has 1 aliphatic heterocycles. The van der Waals surface area contributed by atoms with Crippen LogP contribution in [0.5, 0.6) is 11.5 Å². The molecule has 0 aliphatic carbocycles. The minimum Gasteiger partial charge on any atom is -0.497 e. The lowest BCUT2D eigenvalue weighted by atomic mass is 9.95. The number of piperidine rings is 1. The summed E-state index contributed by atoms with van der Waals surface area (Å²) in [6, 6.07) is 19.2. The summed E-state index contributed by atoms with van der Waals surface area (Å²) in [5, 5.41) is 1.78. The number of benzene rings is 3. The van der Waals surface area contributed by atoms with Gasteiger partial charge in [-0.25, -0.2) is 0 Å². The third-order valence-corrected chi connectivity index (χ3v) is 6.35. The molecule has 0 radical (unpaired) electrons. The second-order valence-electron chi connectivity index (χ2n) is 8.49. The number of carbonyl (C=O) groups is 2. The van der Waals surface area contributed by atoms with Crippen molar-refractivity contribution >= 4 is 22.6 Å². The fourth-order valence-electron chi connectivity index (χ4n) is 4.56. The summed E-state index contributed by atoms with van der Waals surface area (Å²) in [7, 11) is 5.09. The molecule has 1 heterocycles. The van der Waals surface area contributed by atoms with Crippen molar-refractivity contribution in [3.8, 4) is 11.5 Å². The van der Waals surface area contributed by atoms with Crippen LogP contribution in [0.4, 0.5) is 0 Å². The number of likely N-dealkylation sites (tertiary alicyclic amines) is 1. The van der Waals surface area contributed by atoms with Gasteiger partial charge in [-0.2, -0.15) is 0 Å². The molecule has 1 aliphatic rings. The SMILES string of the molecule is COc1ccc(CN(C)C(=O)C2CCCN(C(=O)c3ccc(OC)c4ccccc34)C2)cc1. The number of fused-ring (bicyclic) bond motifs is 1. The maximum absolute atomic E-state index is 13.5. The number of nitrogens with zero attached hydrogens (tertiary/aromatic N) is 2. The Labute approximate surface area is 194 Å². The van der Waals surface area contributed by atoms with Crippen LogP contribution in [-0.4, -0.2) is 56.0 Å². The predicted molar refractivity (Wildman–Crippen MR) is 129 cm³/mol. The molecule has 1 fully saturated rings. The first-order valence-electron chi connectivity index (χ1n) is 11.2. The van der Waals surface area contributed by atoms with Crippen LogP contribution in [0.25, 0.3) is 10.8 Å². The Kier molecular flexibility index (Phi) is 6.82. The van der Waals surface area contributed by atoms with Gasteiger partial charge in [0.05, 0.1) is 20.1 Å². The van der Waals surface area contributed by atoms with Crippen LogP contribution >= 0.6 is 0 Å². The van der Waals surface area contributed by atoms with E-state index in [1.54, 1.807) is 19.1 Å². The van der Waals surface area contributed by atoms with Gasteiger partial charge >= 0.3 is 0 Å². The van der Waals surface area contributed by atoms with Crippen LogP contribution < -0.4 is 9.47 Å². The summed E-state index contributed by atoms with van der Waals surface area (Å²) in [5.74, 6) is 1.37. The van der Waals surface area contributed by atoms with Crippen molar-refractivity contribution in [1.82, 2.24) is 9.80 Å². The molecule has 1 unspecified atom stereocenters. The van der Waals surface area contributed by atoms with Crippen LogP contribution in [0, 0.1) is 5.92 Å². The number of amides is 2. The minimum atomic E-state index is -0.199. The van der Waals surface area contributed by atoms with Gasteiger partial charge in [-0.3, -0.25) is 9.59 Å². The van der Waals surface area contributed by atoms with Gasteiger partial charge in [0.2, 0.25) is 5.91 Å². The van der Waals surface area contributed by atoms with Crippen molar-refractivity contribution in [2.75, 3.05) is 34.4 Å². The Morgan fingerprint density at radius 3 is 2.39 bits per heavy atom. The zero-order valence-electron chi connectivity index (χ0n) is 19.4. The van der Waals surface area contributed by atoms with Crippen molar-refractivity contribution in [3.05, 3.63) is 71.8 Å². The lowest BCUT2D eigenvalue weighted by molar-refractivity contribution is -0.136. The van der Waals surface area contributed by atoms with E-state index in [1.165, 1.54) is 0 Å². The second kappa shape index (κ2) is 9.94. The molecule has 0 spiro atoms. The predicted octanol–water partition coefficient (Wildman–Crippen LogP) is 4.37. The summed E-state index contributed by atoms with van der Waals surface area (Å²) in [6.07, 6.45) is 1.60. The maximum Gasteiger partial charge on any atom is 0.254 e. The molecule has 0 N–H and O–H groups in total. The van der Waals surface area contributed by atoms with Crippen LogP contribution in [0.1, 0.15) is 28.8 Å². The smallest absolute Gasteiger partial charge is 0.254 e. The highest BCUT2D eigenvalue weighted by atomic mass is 16.5. The van der Waals surface area contributed by atoms with Gasteiger partial charge in [-0.1, -0.05) is 36.4 Å². The summed E-state index contributed by atoms with van der Waals surface area (Å²) in [6.45, 7) is 1.62. The summed E-state index contributed by atoms with van der Waals surface area (Å²) in [5.41, 5.74) is 1.69. The van der Waals surface area contributed by atoms with Gasteiger partial charge in [-0.05, 0) is 48.1 Å². The van der Waals surface area contributed by atoms with E-state index < -0.39 is 0 Å². The number of hydrogen-bond donors (Lipinski definition) is 0. The first kappa shape index (κ1) is 22.6. The van der Waals surface area contributed by atoms with Gasteiger partial charge in [0.1, 0.15) is 11.5 Å². The number of ether oxygens (including phenoxy) is 2. The number of hydrogen-bond acceptors (Lipinski definition) is 4. The standard InChI is InChI=1S/C27H30N2O4/c1-28(17-19-10-12-21(32-2)13-11-19)26(30)20-7-6-16-29(18-20)27(31)24-14-15-25(33-3)23-9-5-4-8-22(23)24/h4-5,8-15,20H,6-7,16-18H2,1-3H3. The monoisotopic (exact) mass is 446 g/mol. The van der Waals surface area contributed by atoms with E-state index in [0.717, 1.165) is 40.7 Å². The highest BCUT2D eigenvalue weighted by Crippen LogP contribution is 2.30. The zero-order valence-corrected chi connectivity index (χ0v) is 19.4. The van der Waals surface area contributed by atoms with Crippen molar-refractivity contribution < 1.29 is 19.1 Å². The molecule has 172 valence electrons. The molecule has 33 heavy (non-hydrogen) atoms. The lowest BCUT2D eigenvalue weighted by Crippen LogP contribution is -2.45. The third-order valence-electron chi connectivity index (χ3n) is 6.35. The van der Waals surface area contributed by atoms with Crippen molar-refractivity contribution in [2.24, 2.45) is 5.92 Å². The Morgan fingerprint density at radius 1 is 0.970 bits per heavy atom. The van der Waals surface area contributed by atoms with Crippen molar-refractivity contribution in [2.45, 2.75) is 19.4 Å².